The Balaban J connectivity index is 1.56. The van der Waals surface area contributed by atoms with Gasteiger partial charge in [-0.25, -0.2) is 4.98 Å². The van der Waals surface area contributed by atoms with Crippen LogP contribution in [0.3, 0.4) is 0 Å². The first-order chi connectivity index (χ1) is 13.7. The maximum Gasteiger partial charge on any atom is 0.248 e. The molecule has 156 valence electrons. The van der Waals surface area contributed by atoms with Crippen molar-refractivity contribution in [2.45, 2.75) is 52.6 Å². The van der Waals surface area contributed by atoms with Gasteiger partial charge in [-0.2, -0.15) is 5.10 Å². The van der Waals surface area contributed by atoms with Crippen molar-refractivity contribution in [3.63, 3.8) is 0 Å². The van der Waals surface area contributed by atoms with Gasteiger partial charge in [0.05, 0.1) is 11.9 Å². The zero-order valence-electron chi connectivity index (χ0n) is 16.8. The van der Waals surface area contributed by atoms with Crippen molar-refractivity contribution < 1.29 is 14.4 Å². The van der Waals surface area contributed by atoms with E-state index in [1.165, 1.54) is 22.2 Å². The summed E-state index contributed by atoms with van der Waals surface area (Å²) in [6, 6.07) is -0.507. The van der Waals surface area contributed by atoms with Crippen LogP contribution in [0.15, 0.2) is 24.0 Å². The van der Waals surface area contributed by atoms with Crippen LogP contribution >= 0.6 is 11.3 Å². The smallest absolute Gasteiger partial charge is 0.248 e. The molecule has 0 saturated carbocycles. The fraction of sp³-hybridized carbons (Fsp3) is 0.526. The number of rotatable bonds is 6. The van der Waals surface area contributed by atoms with Crippen LogP contribution in [0.25, 0.3) is 0 Å². The normalized spacial score (nSPS) is 16.7. The van der Waals surface area contributed by atoms with Crippen molar-refractivity contribution in [1.82, 2.24) is 19.7 Å². The number of thiazole rings is 1. The van der Waals surface area contributed by atoms with Gasteiger partial charge in [-0.1, -0.05) is 20.8 Å². The summed E-state index contributed by atoms with van der Waals surface area (Å²) in [5, 5.41) is 12.0. The minimum Gasteiger partial charge on any atom is -0.329 e. The molecule has 1 aliphatic heterocycles. The van der Waals surface area contributed by atoms with E-state index in [0.29, 0.717) is 30.2 Å². The maximum absolute atomic E-state index is 12.7. The number of nitrogens with one attached hydrogen (secondary N) is 2. The quantitative estimate of drug-likeness (QED) is 0.748. The topological polar surface area (TPSA) is 109 Å². The largest absolute Gasteiger partial charge is 0.329 e. The standard InChI is InChI=1S/C19H26N6O3S/c1-19(2,3)9-15(26)22-13-10-21-24(11-13)12-16(27)25-7-4-5-14(25)17(28)23-18-20-6-8-29-18/h6,8,10-11,14H,4-5,7,9,12H2,1-3H3,(H,22,26)(H,20,23,28)/t14-/m0/s1. The molecule has 0 aliphatic carbocycles. The molecule has 0 unspecified atom stereocenters. The molecule has 0 spiro atoms. The molecule has 3 amide bonds. The number of nitrogens with zero attached hydrogens (tertiary/aromatic N) is 4. The molecule has 1 aliphatic rings. The zero-order valence-corrected chi connectivity index (χ0v) is 17.7. The van der Waals surface area contributed by atoms with Crippen molar-refractivity contribution in [2.24, 2.45) is 5.41 Å². The summed E-state index contributed by atoms with van der Waals surface area (Å²) in [4.78, 5) is 42.9. The van der Waals surface area contributed by atoms with E-state index in [0.717, 1.165) is 6.42 Å². The lowest BCUT2D eigenvalue weighted by Gasteiger charge is -2.23. The molecule has 9 nitrogen and oxygen atoms in total. The number of hydrogen-bond donors (Lipinski definition) is 2. The van der Waals surface area contributed by atoms with Gasteiger partial charge in [0.25, 0.3) is 0 Å². The Labute approximate surface area is 173 Å². The third-order valence-electron chi connectivity index (χ3n) is 4.44. The monoisotopic (exact) mass is 418 g/mol. The van der Waals surface area contributed by atoms with Crippen molar-refractivity contribution in [1.29, 1.82) is 0 Å². The molecule has 1 atom stereocenters. The third kappa shape index (κ3) is 5.86. The highest BCUT2D eigenvalue weighted by atomic mass is 32.1. The minimum absolute atomic E-state index is 0.0101. The first kappa shape index (κ1) is 21.0. The SMILES string of the molecule is CC(C)(C)CC(=O)Nc1cnn(CC(=O)N2CCC[C@H]2C(=O)Nc2nccs2)c1. The van der Waals surface area contributed by atoms with E-state index in [1.54, 1.807) is 22.7 Å². The Bertz CT molecular complexity index is 871. The number of carbonyl (C=O) groups excluding carboxylic acids is 3. The fourth-order valence-corrected chi connectivity index (χ4v) is 3.77. The summed E-state index contributed by atoms with van der Waals surface area (Å²) in [6.07, 6.45) is 6.54. The van der Waals surface area contributed by atoms with Gasteiger partial charge in [-0.15, -0.1) is 11.3 Å². The number of hydrogen-bond acceptors (Lipinski definition) is 6. The van der Waals surface area contributed by atoms with Gasteiger partial charge in [0, 0.05) is 30.7 Å². The lowest BCUT2D eigenvalue weighted by Crippen LogP contribution is -2.44. The Morgan fingerprint density at radius 1 is 1.28 bits per heavy atom. The highest BCUT2D eigenvalue weighted by Gasteiger charge is 2.34. The van der Waals surface area contributed by atoms with E-state index < -0.39 is 6.04 Å². The maximum atomic E-state index is 12.7. The van der Waals surface area contributed by atoms with Crippen molar-refractivity contribution >= 4 is 39.9 Å². The zero-order chi connectivity index (χ0) is 21.0. The Morgan fingerprint density at radius 3 is 2.76 bits per heavy atom. The van der Waals surface area contributed by atoms with Gasteiger partial charge in [0.2, 0.25) is 17.7 Å². The van der Waals surface area contributed by atoms with Crippen molar-refractivity contribution in [3.8, 4) is 0 Å². The Hall–Kier alpha value is -2.75. The molecule has 0 bridgehead atoms. The van der Waals surface area contributed by atoms with Crippen LogP contribution in [-0.2, 0) is 20.9 Å². The first-order valence-electron chi connectivity index (χ1n) is 9.53. The highest BCUT2D eigenvalue weighted by molar-refractivity contribution is 7.13. The summed E-state index contributed by atoms with van der Waals surface area (Å²) >= 11 is 1.34. The molecule has 2 aromatic rings. The number of aromatic nitrogens is 3. The molecule has 3 heterocycles. The van der Waals surface area contributed by atoms with Crippen LogP contribution in [0.4, 0.5) is 10.8 Å². The van der Waals surface area contributed by atoms with Crippen molar-refractivity contribution in [3.05, 3.63) is 24.0 Å². The van der Waals surface area contributed by atoms with Crippen LogP contribution in [-0.4, -0.2) is 50.0 Å². The molecule has 2 N–H and O–H groups in total. The molecule has 2 aromatic heterocycles. The first-order valence-corrected chi connectivity index (χ1v) is 10.4. The molecule has 3 rings (SSSR count). The van der Waals surface area contributed by atoms with E-state index in [2.05, 4.69) is 20.7 Å². The molecular weight excluding hydrogens is 392 g/mol. The predicted molar refractivity (Wildman–Crippen MR) is 110 cm³/mol. The van der Waals surface area contributed by atoms with Crippen LogP contribution in [0.1, 0.15) is 40.0 Å². The van der Waals surface area contributed by atoms with E-state index in [4.69, 9.17) is 0 Å². The summed E-state index contributed by atoms with van der Waals surface area (Å²) in [5.41, 5.74) is 0.437. The minimum atomic E-state index is -0.507. The summed E-state index contributed by atoms with van der Waals surface area (Å²) in [6.45, 7) is 6.52. The number of anilines is 2. The van der Waals surface area contributed by atoms with Crippen LogP contribution in [0.5, 0.6) is 0 Å². The summed E-state index contributed by atoms with van der Waals surface area (Å²) in [5.74, 6) is -0.499. The average molecular weight is 419 g/mol. The molecule has 1 fully saturated rings. The van der Waals surface area contributed by atoms with Crippen molar-refractivity contribution in [2.75, 3.05) is 17.2 Å². The van der Waals surface area contributed by atoms with Gasteiger partial charge in [0.15, 0.2) is 5.13 Å². The van der Waals surface area contributed by atoms with E-state index in [1.807, 2.05) is 20.8 Å². The molecule has 0 radical (unpaired) electrons. The lowest BCUT2D eigenvalue weighted by atomic mass is 9.92. The summed E-state index contributed by atoms with van der Waals surface area (Å²) < 4.78 is 1.48. The third-order valence-corrected chi connectivity index (χ3v) is 5.13. The second-order valence-electron chi connectivity index (χ2n) is 8.28. The van der Waals surface area contributed by atoms with Gasteiger partial charge >= 0.3 is 0 Å². The van der Waals surface area contributed by atoms with Crippen LogP contribution in [0.2, 0.25) is 0 Å². The van der Waals surface area contributed by atoms with Gasteiger partial charge in [0.1, 0.15) is 12.6 Å². The molecule has 0 aromatic carbocycles. The molecule has 29 heavy (non-hydrogen) atoms. The van der Waals surface area contributed by atoms with Crippen LogP contribution < -0.4 is 10.6 Å². The Kier molecular flexibility index (Phi) is 6.31. The lowest BCUT2D eigenvalue weighted by molar-refractivity contribution is -0.137. The van der Waals surface area contributed by atoms with E-state index in [9.17, 15) is 14.4 Å². The summed E-state index contributed by atoms with van der Waals surface area (Å²) in [7, 11) is 0. The van der Waals surface area contributed by atoms with Gasteiger partial charge < -0.3 is 15.5 Å². The molecule has 10 heteroatoms. The number of carbonyl (C=O) groups is 3. The molecular formula is C19H26N6O3S. The van der Waals surface area contributed by atoms with E-state index in [-0.39, 0.29) is 29.7 Å². The number of amides is 3. The highest BCUT2D eigenvalue weighted by Crippen LogP contribution is 2.21. The van der Waals surface area contributed by atoms with Gasteiger partial charge in [-0.05, 0) is 18.3 Å². The van der Waals surface area contributed by atoms with Gasteiger partial charge in [-0.3, -0.25) is 19.1 Å². The number of likely N-dealkylation sites (tertiary alicyclic amines) is 1. The Morgan fingerprint density at radius 2 is 2.07 bits per heavy atom. The second-order valence-corrected chi connectivity index (χ2v) is 9.18. The fourth-order valence-electron chi connectivity index (χ4n) is 3.24. The predicted octanol–water partition coefficient (Wildman–Crippen LogP) is 2.34. The van der Waals surface area contributed by atoms with E-state index >= 15 is 0 Å². The second kappa shape index (κ2) is 8.73. The molecule has 1 saturated heterocycles. The average Bonchev–Trinajstić information content (AvgIpc) is 3.34. The van der Waals surface area contributed by atoms with Crippen LogP contribution in [0, 0.1) is 5.41 Å².